The Morgan fingerprint density at radius 3 is 2.48 bits per heavy atom. The van der Waals surface area contributed by atoms with Crippen molar-refractivity contribution in [2.75, 3.05) is 31.1 Å². The van der Waals surface area contributed by atoms with Crippen LogP contribution in [0.3, 0.4) is 0 Å². The van der Waals surface area contributed by atoms with Gasteiger partial charge in [0.2, 0.25) is 0 Å². The zero-order valence-electron chi connectivity index (χ0n) is 15.3. The fourth-order valence-electron chi connectivity index (χ4n) is 3.12. The van der Waals surface area contributed by atoms with Crippen LogP contribution in [0.25, 0.3) is 0 Å². The second kappa shape index (κ2) is 8.67. The van der Waals surface area contributed by atoms with Crippen LogP contribution in [0, 0.1) is 17.6 Å². The Morgan fingerprint density at radius 1 is 1.10 bits per heavy atom. The molecule has 1 atom stereocenters. The summed E-state index contributed by atoms with van der Waals surface area (Å²) in [5.74, 6) is -1.98. The maximum atomic E-state index is 13.4. The van der Waals surface area contributed by atoms with E-state index in [9.17, 15) is 26.7 Å². The van der Waals surface area contributed by atoms with E-state index in [1.807, 2.05) is 4.90 Å². The second-order valence-corrected chi connectivity index (χ2v) is 6.84. The van der Waals surface area contributed by atoms with Gasteiger partial charge in [-0.05, 0) is 48.7 Å². The Bertz CT molecular complexity index is 855. The van der Waals surface area contributed by atoms with E-state index in [0.717, 1.165) is 18.6 Å². The molecule has 0 bridgehead atoms. The van der Waals surface area contributed by atoms with Crippen LogP contribution in [-0.4, -0.2) is 38.3 Å². The molecule has 1 unspecified atom stereocenters. The van der Waals surface area contributed by atoms with E-state index in [-0.39, 0.29) is 17.6 Å². The topological polar surface area (TPSA) is 41.6 Å². The fraction of sp³-hybridized carbons (Fsp3) is 0.350. The smallest absolute Gasteiger partial charge is 0.422 e. The number of halogens is 5. The summed E-state index contributed by atoms with van der Waals surface area (Å²) in [6.45, 7) is 0.256. The largest absolute Gasteiger partial charge is 0.484 e. The molecule has 1 N–H and O–H groups in total. The number of nitrogens with zero attached hydrogens (tertiary/aromatic N) is 1. The van der Waals surface area contributed by atoms with Gasteiger partial charge >= 0.3 is 6.18 Å². The molecule has 2 aromatic carbocycles. The van der Waals surface area contributed by atoms with E-state index in [4.69, 9.17) is 0 Å². The van der Waals surface area contributed by atoms with Crippen molar-refractivity contribution in [3.05, 3.63) is 59.7 Å². The third-order valence-corrected chi connectivity index (χ3v) is 4.62. The van der Waals surface area contributed by atoms with Gasteiger partial charge in [-0.1, -0.05) is 0 Å². The molecule has 0 spiro atoms. The molecule has 1 heterocycles. The van der Waals surface area contributed by atoms with Gasteiger partial charge in [-0.15, -0.1) is 0 Å². The highest BCUT2D eigenvalue weighted by Crippen LogP contribution is 2.25. The average molecular weight is 414 g/mol. The number of nitrogens with one attached hydrogen (secondary N) is 1. The number of amides is 1. The zero-order valence-corrected chi connectivity index (χ0v) is 15.3. The molecule has 1 saturated heterocycles. The normalized spacial score (nSPS) is 16.7. The molecule has 1 amide bonds. The molecule has 29 heavy (non-hydrogen) atoms. The Hall–Kier alpha value is -2.84. The molecule has 1 aliphatic heterocycles. The number of carbonyl (C=O) groups excluding carboxylic acids is 1. The number of ether oxygens (including phenoxy) is 1. The second-order valence-electron chi connectivity index (χ2n) is 6.84. The maximum Gasteiger partial charge on any atom is 0.422 e. The molecular formula is C20H19F5N2O2. The highest BCUT2D eigenvalue weighted by atomic mass is 19.4. The molecule has 2 aromatic rings. The van der Waals surface area contributed by atoms with Crippen LogP contribution in [0.15, 0.2) is 42.5 Å². The number of rotatable bonds is 6. The van der Waals surface area contributed by atoms with Crippen LogP contribution in [0.4, 0.5) is 27.6 Å². The number of hydrogen-bond donors (Lipinski definition) is 1. The Balaban J connectivity index is 1.47. The average Bonchev–Trinajstić information content (AvgIpc) is 3.15. The number of hydrogen-bond acceptors (Lipinski definition) is 3. The van der Waals surface area contributed by atoms with Crippen LogP contribution < -0.4 is 15.0 Å². The summed E-state index contributed by atoms with van der Waals surface area (Å²) >= 11 is 0. The summed E-state index contributed by atoms with van der Waals surface area (Å²) in [6.07, 6.45) is -3.64. The molecule has 0 radical (unpaired) electrons. The van der Waals surface area contributed by atoms with E-state index in [1.165, 1.54) is 30.3 Å². The van der Waals surface area contributed by atoms with Crippen LogP contribution in [0.1, 0.15) is 16.8 Å². The highest BCUT2D eigenvalue weighted by Gasteiger charge is 2.28. The first-order valence-corrected chi connectivity index (χ1v) is 8.99. The van der Waals surface area contributed by atoms with Crippen molar-refractivity contribution in [1.29, 1.82) is 0 Å². The fourth-order valence-corrected chi connectivity index (χ4v) is 3.12. The minimum Gasteiger partial charge on any atom is -0.484 e. The molecule has 0 saturated carbocycles. The van der Waals surface area contributed by atoms with Crippen molar-refractivity contribution in [3.8, 4) is 5.75 Å². The molecular weight excluding hydrogens is 395 g/mol. The molecule has 156 valence electrons. The van der Waals surface area contributed by atoms with Crippen molar-refractivity contribution >= 4 is 11.6 Å². The summed E-state index contributed by atoms with van der Waals surface area (Å²) in [5, 5.41) is 2.79. The van der Waals surface area contributed by atoms with Gasteiger partial charge in [-0.2, -0.15) is 13.2 Å². The van der Waals surface area contributed by atoms with E-state index in [2.05, 4.69) is 10.1 Å². The van der Waals surface area contributed by atoms with Crippen LogP contribution >= 0.6 is 0 Å². The maximum absolute atomic E-state index is 13.4. The van der Waals surface area contributed by atoms with Crippen LogP contribution in [0.5, 0.6) is 5.75 Å². The van der Waals surface area contributed by atoms with Gasteiger partial charge in [0.25, 0.3) is 5.91 Å². The van der Waals surface area contributed by atoms with E-state index in [0.29, 0.717) is 30.9 Å². The highest BCUT2D eigenvalue weighted by molar-refractivity contribution is 5.94. The lowest BCUT2D eigenvalue weighted by molar-refractivity contribution is -0.153. The van der Waals surface area contributed by atoms with E-state index in [1.54, 1.807) is 0 Å². The van der Waals surface area contributed by atoms with Gasteiger partial charge in [0, 0.05) is 37.0 Å². The Kier molecular flexibility index (Phi) is 6.24. The number of benzene rings is 2. The van der Waals surface area contributed by atoms with Crippen molar-refractivity contribution in [2.24, 2.45) is 5.92 Å². The van der Waals surface area contributed by atoms with Crippen molar-refractivity contribution in [1.82, 2.24) is 5.32 Å². The number of anilines is 1. The minimum atomic E-state index is -4.43. The molecule has 3 rings (SSSR count). The SMILES string of the molecule is O=C(NCC1CCN(c2ccc(F)c(F)c2)C1)c1ccc(OCC(F)(F)F)cc1. The first-order valence-electron chi connectivity index (χ1n) is 8.99. The first-order chi connectivity index (χ1) is 13.7. The lowest BCUT2D eigenvalue weighted by atomic mass is 10.1. The molecule has 4 nitrogen and oxygen atoms in total. The van der Waals surface area contributed by atoms with Gasteiger partial charge in [0.15, 0.2) is 18.2 Å². The summed E-state index contributed by atoms with van der Waals surface area (Å²) in [6, 6.07) is 9.15. The lowest BCUT2D eigenvalue weighted by Crippen LogP contribution is -2.31. The summed E-state index contributed by atoms with van der Waals surface area (Å²) in [4.78, 5) is 14.1. The third-order valence-electron chi connectivity index (χ3n) is 4.62. The number of carbonyl (C=O) groups is 1. The summed E-state index contributed by atoms with van der Waals surface area (Å²) < 4.78 is 67.5. The van der Waals surface area contributed by atoms with Gasteiger partial charge in [-0.25, -0.2) is 8.78 Å². The van der Waals surface area contributed by atoms with Crippen LogP contribution in [0.2, 0.25) is 0 Å². The standard InChI is InChI=1S/C20H19F5N2O2/c21-17-6-3-15(9-18(17)22)27-8-7-13(11-27)10-26-19(28)14-1-4-16(5-2-14)29-12-20(23,24)25/h1-6,9,13H,7-8,10-12H2,(H,26,28). The zero-order chi connectivity index (χ0) is 21.0. The molecule has 9 heteroatoms. The number of alkyl halides is 3. The third kappa shape index (κ3) is 5.82. The van der Waals surface area contributed by atoms with Crippen molar-refractivity contribution in [3.63, 3.8) is 0 Å². The minimum absolute atomic E-state index is 0.0249. The Morgan fingerprint density at radius 2 is 1.83 bits per heavy atom. The monoisotopic (exact) mass is 414 g/mol. The van der Waals surface area contributed by atoms with Gasteiger partial charge in [0.1, 0.15) is 5.75 Å². The van der Waals surface area contributed by atoms with E-state index < -0.39 is 24.4 Å². The molecule has 0 aliphatic carbocycles. The summed E-state index contributed by atoms with van der Waals surface area (Å²) in [7, 11) is 0. The first kappa shape index (κ1) is 20.9. The molecule has 1 aliphatic rings. The van der Waals surface area contributed by atoms with E-state index >= 15 is 0 Å². The van der Waals surface area contributed by atoms with Gasteiger partial charge in [0.05, 0.1) is 0 Å². The van der Waals surface area contributed by atoms with Gasteiger partial charge < -0.3 is 15.0 Å². The predicted octanol–water partition coefficient (Wildman–Crippen LogP) is 4.16. The van der Waals surface area contributed by atoms with Crippen LogP contribution in [-0.2, 0) is 0 Å². The molecule has 0 aromatic heterocycles. The van der Waals surface area contributed by atoms with Crippen molar-refractivity contribution < 1.29 is 31.5 Å². The quantitative estimate of drug-likeness (QED) is 0.722. The molecule has 1 fully saturated rings. The van der Waals surface area contributed by atoms with Gasteiger partial charge in [-0.3, -0.25) is 4.79 Å². The Labute approximate surface area is 164 Å². The predicted molar refractivity (Wildman–Crippen MR) is 97.0 cm³/mol. The lowest BCUT2D eigenvalue weighted by Gasteiger charge is -2.19. The van der Waals surface area contributed by atoms with Crippen molar-refractivity contribution in [2.45, 2.75) is 12.6 Å². The summed E-state index contributed by atoms with van der Waals surface area (Å²) in [5.41, 5.74) is 0.895.